The van der Waals surface area contributed by atoms with E-state index in [-0.39, 0.29) is 11.2 Å². The van der Waals surface area contributed by atoms with E-state index in [9.17, 15) is 18.0 Å². The molecular formula is C18H14F3N5O2. The van der Waals surface area contributed by atoms with Crippen LogP contribution in [0, 0.1) is 13.8 Å². The van der Waals surface area contributed by atoms with Crippen LogP contribution < -0.4 is 5.32 Å². The number of pyridine rings is 1. The van der Waals surface area contributed by atoms with Gasteiger partial charge < -0.3 is 14.4 Å². The second kappa shape index (κ2) is 6.04. The molecule has 3 heterocycles. The molecule has 0 bridgehead atoms. The summed E-state index contributed by atoms with van der Waals surface area (Å²) in [6.45, 7) is 3.41. The van der Waals surface area contributed by atoms with Gasteiger partial charge in [-0.15, -0.1) is 0 Å². The van der Waals surface area contributed by atoms with Gasteiger partial charge >= 0.3 is 6.18 Å². The second-order valence-electron chi connectivity index (χ2n) is 6.41. The predicted molar refractivity (Wildman–Crippen MR) is 94.9 cm³/mol. The van der Waals surface area contributed by atoms with Crippen LogP contribution in [0.3, 0.4) is 0 Å². The highest BCUT2D eigenvalue weighted by Gasteiger charge is 2.36. The van der Waals surface area contributed by atoms with Crippen LogP contribution in [0.4, 0.5) is 18.9 Å². The molecular weight excluding hydrogens is 375 g/mol. The summed E-state index contributed by atoms with van der Waals surface area (Å²) >= 11 is 0. The lowest BCUT2D eigenvalue weighted by Gasteiger charge is -2.07. The zero-order valence-corrected chi connectivity index (χ0v) is 15.0. The molecule has 4 aromatic rings. The number of imidazole rings is 1. The third kappa shape index (κ3) is 2.86. The molecule has 1 aromatic carbocycles. The molecule has 0 unspecified atom stereocenters. The van der Waals surface area contributed by atoms with E-state index in [2.05, 4.69) is 20.4 Å². The molecule has 144 valence electrons. The summed E-state index contributed by atoms with van der Waals surface area (Å²) in [7, 11) is 1.29. The normalized spacial score (nSPS) is 12.1. The molecule has 7 nitrogen and oxygen atoms in total. The smallest absolute Gasteiger partial charge is 0.336 e. The zero-order chi connectivity index (χ0) is 20.2. The van der Waals surface area contributed by atoms with Crippen LogP contribution in [0.5, 0.6) is 0 Å². The SMILES string of the molecule is Cc1cc(C(=O)Nc2ccc3c(c2)nc(C(F)(F)F)n3C)c2c(C)noc2n1. The Kier molecular flexibility index (Phi) is 3.88. The summed E-state index contributed by atoms with van der Waals surface area (Å²) in [5.41, 5.74) is 2.41. The van der Waals surface area contributed by atoms with Crippen molar-refractivity contribution < 1.29 is 22.5 Å². The number of rotatable bonds is 2. The number of fused-ring (bicyclic) bond motifs is 2. The van der Waals surface area contributed by atoms with Crippen LogP contribution in [0.25, 0.3) is 22.1 Å². The van der Waals surface area contributed by atoms with Crippen molar-refractivity contribution in [3.8, 4) is 0 Å². The van der Waals surface area contributed by atoms with Crippen molar-refractivity contribution in [3.05, 3.63) is 47.0 Å². The number of benzene rings is 1. The molecule has 4 rings (SSSR count). The van der Waals surface area contributed by atoms with Gasteiger partial charge in [0.05, 0.1) is 27.7 Å². The van der Waals surface area contributed by atoms with Crippen LogP contribution in [-0.4, -0.2) is 25.6 Å². The summed E-state index contributed by atoms with van der Waals surface area (Å²) in [5, 5.41) is 7.00. The van der Waals surface area contributed by atoms with E-state index in [4.69, 9.17) is 4.52 Å². The second-order valence-corrected chi connectivity index (χ2v) is 6.41. The van der Waals surface area contributed by atoms with Gasteiger partial charge in [0.1, 0.15) is 0 Å². The molecule has 1 N–H and O–H groups in total. The Hall–Kier alpha value is -3.43. The maximum Gasteiger partial charge on any atom is 0.449 e. The van der Waals surface area contributed by atoms with Crippen LogP contribution in [0.1, 0.15) is 27.6 Å². The van der Waals surface area contributed by atoms with Crippen molar-refractivity contribution in [1.82, 2.24) is 19.7 Å². The first-order valence-corrected chi connectivity index (χ1v) is 8.24. The molecule has 0 aliphatic heterocycles. The Morgan fingerprint density at radius 2 is 1.93 bits per heavy atom. The summed E-state index contributed by atoms with van der Waals surface area (Å²) in [6, 6.07) is 6.00. The molecule has 0 saturated carbocycles. The van der Waals surface area contributed by atoms with E-state index in [1.807, 2.05) is 0 Å². The van der Waals surface area contributed by atoms with Gasteiger partial charge in [0.15, 0.2) is 0 Å². The number of alkyl halides is 3. The monoisotopic (exact) mass is 389 g/mol. The average Bonchev–Trinajstić information content (AvgIpc) is 3.14. The fraction of sp³-hybridized carbons (Fsp3) is 0.222. The van der Waals surface area contributed by atoms with E-state index >= 15 is 0 Å². The number of carbonyl (C=O) groups excluding carboxylic acids is 1. The van der Waals surface area contributed by atoms with Crippen LogP contribution >= 0.6 is 0 Å². The van der Waals surface area contributed by atoms with Gasteiger partial charge in [0, 0.05) is 18.4 Å². The zero-order valence-electron chi connectivity index (χ0n) is 15.0. The molecule has 0 spiro atoms. The number of hydrogen-bond donors (Lipinski definition) is 1. The molecule has 3 aromatic heterocycles. The van der Waals surface area contributed by atoms with Gasteiger partial charge in [-0.25, -0.2) is 9.97 Å². The van der Waals surface area contributed by atoms with Crippen LogP contribution in [-0.2, 0) is 13.2 Å². The van der Waals surface area contributed by atoms with Crippen LogP contribution in [0.2, 0.25) is 0 Å². The van der Waals surface area contributed by atoms with Crippen molar-refractivity contribution in [2.75, 3.05) is 5.32 Å². The lowest BCUT2D eigenvalue weighted by atomic mass is 10.1. The number of carbonyl (C=O) groups is 1. The number of nitrogens with zero attached hydrogens (tertiary/aromatic N) is 4. The quantitative estimate of drug-likeness (QED) is 0.560. The maximum absolute atomic E-state index is 13.0. The Morgan fingerprint density at radius 1 is 1.18 bits per heavy atom. The van der Waals surface area contributed by atoms with E-state index in [1.165, 1.54) is 25.2 Å². The average molecular weight is 389 g/mol. The van der Waals surface area contributed by atoms with E-state index < -0.39 is 17.9 Å². The summed E-state index contributed by atoms with van der Waals surface area (Å²) in [6.07, 6.45) is -4.57. The first-order chi connectivity index (χ1) is 13.1. The number of halogens is 3. The maximum atomic E-state index is 13.0. The van der Waals surface area contributed by atoms with Crippen molar-refractivity contribution in [1.29, 1.82) is 0 Å². The summed E-state index contributed by atoms with van der Waals surface area (Å²) < 4.78 is 45.2. The molecule has 0 radical (unpaired) electrons. The molecule has 10 heteroatoms. The summed E-state index contributed by atoms with van der Waals surface area (Å²) in [5.74, 6) is -1.45. The number of aromatic nitrogens is 4. The molecule has 0 saturated heterocycles. The van der Waals surface area contributed by atoms with Crippen molar-refractivity contribution in [3.63, 3.8) is 0 Å². The van der Waals surface area contributed by atoms with Crippen LogP contribution in [0.15, 0.2) is 28.8 Å². The fourth-order valence-corrected chi connectivity index (χ4v) is 3.13. The molecule has 0 aliphatic rings. The van der Waals surface area contributed by atoms with Gasteiger partial charge in [-0.05, 0) is 38.1 Å². The van der Waals surface area contributed by atoms with Gasteiger partial charge in [-0.2, -0.15) is 13.2 Å². The minimum absolute atomic E-state index is 0.129. The first-order valence-electron chi connectivity index (χ1n) is 8.24. The third-order valence-corrected chi connectivity index (χ3v) is 4.38. The lowest BCUT2D eigenvalue weighted by Crippen LogP contribution is -2.13. The predicted octanol–water partition coefficient (Wildman–Crippen LogP) is 4.00. The number of hydrogen-bond acceptors (Lipinski definition) is 5. The Labute approximate surface area is 156 Å². The molecule has 0 aliphatic carbocycles. The van der Waals surface area contributed by atoms with E-state index in [0.717, 1.165) is 4.57 Å². The van der Waals surface area contributed by atoms with E-state index in [1.54, 1.807) is 19.9 Å². The van der Waals surface area contributed by atoms with Gasteiger partial charge in [-0.3, -0.25) is 4.79 Å². The third-order valence-electron chi connectivity index (χ3n) is 4.38. The number of nitrogens with one attached hydrogen (secondary N) is 1. The Balaban J connectivity index is 1.73. The van der Waals surface area contributed by atoms with Crippen molar-refractivity contribution in [2.45, 2.75) is 20.0 Å². The van der Waals surface area contributed by atoms with E-state index in [0.29, 0.717) is 33.5 Å². The standard InChI is InChI=1S/C18H14F3N5O2/c1-8-6-11(14-9(2)25-28-16(14)22-8)15(27)23-10-4-5-13-12(7-10)24-17(26(13)3)18(19,20)21/h4-7H,1-3H3,(H,23,27). The summed E-state index contributed by atoms with van der Waals surface area (Å²) in [4.78, 5) is 20.6. The number of amides is 1. The largest absolute Gasteiger partial charge is 0.449 e. The molecule has 28 heavy (non-hydrogen) atoms. The highest BCUT2D eigenvalue weighted by atomic mass is 19.4. The molecule has 0 atom stereocenters. The minimum Gasteiger partial charge on any atom is -0.336 e. The first kappa shape index (κ1) is 18.0. The van der Waals surface area contributed by atoms with Gasteiger partial charge in [0.25, 0.3) is 11.6 Å². The molecule has 1 amide bonds. The number of aryl methyl sites for hydroxylation is 3. The Bertz CT molecular complexity index is 1240. The van der Waals surface area contributed by atoms with Crippen molar-refractivity contribution >= 4 is 33.7 Å². The number of anilines is 1. The topological polar surface area (TPSA) is 85.8 Å². The fourth-order valence-electron chi connectivity index (χ4n) is 3.13. The lowest BCUT2D eigenvalue weighted by molar-refractivity contribution is -0.146. The van der Waals surface area contributed by atoms with Gasteiger partial charge in [0.2, 0.25) is 5.82 Å². The minimum atomic E-state index is -4.57. The van der Waals surface area contributed by atoms with Crippen molar-refractivity contribution in [2.24, 2.45) is 7.05 Å². The highest BCUT2D eigenvalue weighted by Crippen LogP contribution is 2.31. The Morgan fingerprint density at radius 3 is 2.64 bits per heavy atom. The highest BCUT2D eigenvalue weighted by molar-refractivity contribution is 6.12. The van der Waals surface area contributed by atoms with Gasteiger partial charge in [-0.1, -0.05) is 5.16 Å². The molecule has 0 fully saturated rings.